The fraction of sp³-hybridized carbons (Fsp3) is 0.286. The normalized spacial score (nSPS) is 14.8. The van der Waals surface area contributed by atoms with Crippen LogP contribution in [0.2, 0.25) is 0 Å². The van der Waals surface area contributed by atoms with Crippen LogP contribution < -0.4 is 10.3 Å². The van der Waals surface area contributed by atoms with Crippen LogP contribution in [0.25, 0.3) is 22.4 Å². The Morgan fingerprint density at radius 1 is 1.07 bits per heavy atom. The van der Waals surface area contributed by atoms with E-state index in [1.54, 1.807) is 11.7 Å². The summed E-state index contributed by atoms with van der Waals surface area (Å²) in [7, 11) is 1.62. The summed E-state index contributed by atoms with van der Waals surface area (Å²) >= 11 is 5.78. The van der Waals surface area contributed by atoms with Crippen molar-refractivity contribution in [2.45, 2.75) is 19.5 Å². The van der Waals surface area contributed by atoms with E-state index in [1.807, 2.05) is 57.6 Å². The second-order valence-electron chi connectivity index (χ2n) is 7.24. The smallest absolute Gasteiger partial charge is 0.267 e. The number of hydrogen-bond acceptors (Lipinski definition) is 5. The molecule has 0 N–H and O–H groups in total. The molecule has 4 aromatic rings. The van der Waals surface area contributed by atoms with Gasteiger partial charge in [0, 0.05) is 0 Å². The zero-order valence-corrected chi connectivity index (χ0v) is 16.9. The van der Waals surface area contributed by atoms with Crippen LogP contribution in [-0.2, 0) is 6.67 Å². The number of rotatable bonds is 4. The number of likely N-dealkylation sites (tertiary alicyclic amines) is 1. The molecule has 0 bridgehead atoms. The Bertz CT molecular complexity index is 1310. The lowest BCUT2D eigenvalue weighted by atomic mass is 10.2. The summed E-state index contributed by atoms with van der Waals surface area (Å²) in [5, 5.41) is 5.38. The maximum Gasteiger partial charge on any atom is 0.267 e. The fourth-order valence-corrected chi connectivity index (χ4v) is 4.26. The highest BCUT2D eigenvalue weighted by Gasteiger charge is 2.19. The van der Waals surface area contributed by atoms with Gasteiger partial charge in [-0.15, -0.1) is 5.10 Å². The van der Waals surface area contributed by atoms with Gasteiger partial charge in [-0.05, 0) is 74.5 Å². The van der Waals surface area contributed by atoms with Crippen molar-refractivity contribution in [1.29, 1.82) is 0 Å². The molecule has 0 spiro atoms. The van der Waals surface area contributed by atoms with Gasteiger partial charge in [-0.3, -0.25) is 14.1 Å². The van der Waals surface area contributed by atoms with Gasteiger partial charge in [0.25, 0.3) is 5.56 Å². The number of aromatic nitrogens is 4. The topological polar surface area (TPSA) is 56.7 Å². The standard InChI is InChI=1S/C21H21N5O2S/c1-28-16-10-8-15(9-11-16)25-19(27)17-6-2-3-7-18(17)26-20(25)22-24(21(26)29)14-23-12-4-5-13-23/h2-3,6-11H,4-5,12-14H2,1H3. The van der Waals surface area contributed by atoms with E-state index >= 15 is 0 Å². The molecule has 5 rings (SSSR count). The van der Waals surface area contributed by atoms with Crippen molar-refractivity contribution in [1.82, 2.24) is 23.6 Å². The van der Waals surface area contributed by atoms with Gasteiger partial charge in [0.05, 0.1) is 30.4 Å². The molecule has 29 heavy (non-hydrogen) atoms. The molecule has 2 aromatic heterocycles. The third-order valence-corrected chi connectivity index (χ3v) is 5.86. The Kier molecular flexibility index (Phi) is 4.44. The monoisotopic (exact) mass is 407 g/mol. The van der Waals surface area contributed by atoms with Crippen molar-refractivity contribution in [3.63, 3.8) is 0 Å². The number of para-hydroxylation sites is 1. The van der Waals surface area contributed by atoms with Gasteiger partial charge in [-0.1, -0.05) is 12.1 Å². The Morgan fingerprint density at radius 2 is 1.79 bits per heavy atom. The average molecular weight is 407 g/mol. The summed E-state index contributed by atoms with van der Waals surface area (Å²) in [4.78, 5) is 15.7. The minimum atomic E-state index is -0.119. The van der Waals surface area contributed by atoms with Crippen LogP contribution in [0.15, 0.2) is 53.3 Å². The zero-order chi connectivity index (χ0) is 20.0. The highest BCUT2D eigenvalue weighted by Crippen LogP contribution is 2.20. The van der Waals surface area contributed by atoms with Crippen molar-refractivity contribution < 1.29 is 4.74 Å². The van der Waals surface area contributed by atoms with Crippen LogP contribution in [0.4, 0.5) is 0 Å². The zero-order valence-electron chi connectivity index (χ0n) is 16.1. The second-order valence-corrected chi connectivity index (χ2v) is 7.60. The third kappa shape index (κ3) is 2.95. The quantitative estimate of drug-likeness (QED) is 0.486. The minimum absolute atomic E-state index is 0.119. The van der Waals surface area contributed by atoms with Crippen LogP contribution in [0, 0.1) is 4.77 Å². The van der Waals surface area contributed by atoms with E-state index in [2.05, 4.69) is 4.90 Å². The third-order valence-electron chi connectivity index (χ3n) is 5.46. The van der Waals surface area contributed by atoms with Crippen LogP contribution in [0.5, 0.6) is 5.75 Å². The van der Waals surface area contributed by atoms with Crippen LogP contribution in [0.3, 0.4) is 0 Å². The summed E-state index contributed by atoms with van der Waals surface area (Å²) in [6.07, 6.45) is 2.39. The Balaban J connectivity index is 1.81. The molecule has 148 valence electrons. The van der Waals surface area contributed by atoms with E-state index in [-0.39, 0.29) is 5.56 Å². The molecule has 1 aliphatic rings. The molecule has 1 fully saturated rings. The molecule has 1 aliphatic heterocycles. The number of nitrogens with zero attached hydrogens (tertiary/aromatic N) is 5. The first-order valence-corrected chi connectivity index (χ1v) is 10.1. The van der Waals surface area contributed by atoms with E-state index in [4.69, 9.17) is 22.1 Å². The molecule has 7 nitrogen and oxygen atoms in total. The molecular formula is C21H21N5O2S. The summed E-state index contributed by atoms with van der Waals surface area (Å²) in [6.45, 7) is 2.72. The number of ether oxygens (including phenoxy) is 1. The van der Waals surface area contributed by atoms with Gasteiger partial charge in [0.15, 0.2) is 0 Å². The molecule has 0 saturated carbocycles. The predicted octanol–water partition coefficient (Wildman–Crippen LogP) is 3.23. The highest BCUT2D eigenvalue weighted by atomic mass is 32.1. The predicted molar refractivity (Wildman–Crippen MR) is 114 cm³/mol. The SMILES string of the molecule is COc1ccc(-n2c(=O)c3ccccc3n3c(=S)n(CN4CCCC4)nc23)cc1. The largest absolute Gasteiger partial charge is 0.497 e. The summed E-state index contributed by atoms with van der Waals surface area (Å²) in [5.74, 6) is 1.25. The molecule has 0 radical (unpaired) electrons. The summed E-state index contributed by atoms with van der Waals surface area (Å²) in [5.41, 5.74) is 1.38. The Hall–Kier alpha value is -2.97. The second kappa shape index (κ2) is 7.13. The molecule has 3 heterocycles. The summed E-state index contributed by atoms with van der Waals surface area (Å²) in [6, 6.07) is 14.9. The minimum Gasteiger partial charge on any atom is -0.497 e. The van der Waals surface area contributed by atoms with Crippen molar-refractivity contribution in [3.8, 4) is 11.4 Å². The van der Waals surface area contributed by atoms with E-state index in [9.17, 15) is 4.79 Å². The molecule has 0 atom stereocenters. The Morgan fingerprint density at radius 3 is 2.52 bits per heavy atom. The van der Waals surface area contributed by atoms with Crippen LogP contribution in [0.1, 0.15) is 12.8 Å². The lowest BCUT2D eigenvalue weighted by Gasteiger charge is -2.13. The summed E-state index contributed by atoms with van der Waals surface area (Å²) < 4.78 is 11.2. The first kappa shape index (κ1) is 18.1. The number of hydrogen-bond donors (Lipinski definition) is 0. The molecule has 0 aliphatic carbocycles. The molecule has 0 unspecified atom stereocenters. The van der Waals surface area contributed by atoms with Crippen molar-refractivity contribution in [3.05, 3.63) is 63.7 Å². The van der Waals surface area contributed by atoms with Gasteiger partial charge in [0.2, 0.25) is 10.5 Å². The number of methoxy groups -OCH3 is 1. The first-order valence-electron chi connectivity index (χ1n) is 9.67. The lowest BCUT2D eigenvalue weighted by molar-refractivity contribution is 0.254. The molecule has 1 saturated heterocycles. The van der Waals surface area contributed by atoms with E-state index < -0.39 is 0 Å². The Labute approximate surface area is 172 Å². The average Bonchev–Trinajstić information content (AvgIpc) is 3.37. The molecular weight excluding hydrogens is 386 g/mol. The fourth-order valence-electron chi connectivity index (χ4n) is 3.98. The van der Waals surface area contributed by atoms with Crippen LogP contribution >= 0.6 is 12.2 Å². The van der Waals surface area contributed by atoms with Gasteiger partial charge in [-0.2, -0.15) is 0 Å². The number of benzene rings is 2. The maximum absolute atomic E-state index is 13.4. The van der Waals surface area contributed by atoms with E-state index in [1.165, 1.54) is 12.8 Å². The van der Waals surface area contributed by atoms with Crippen molar-refractivity contribution in [2.24, 2.45) is 0 Å². The molecule has 2 aromatic carbocycles. The van der Waals surface area contributed by atoms with Crippen molar-refractivity contribution >= 4 is 28.9 Å². The van der Waals surface area contributed by atoms with E-state index in [0.717, 1.165) is 30.0 Å². The maximum atomic E-state index is 13.4. The number of fused-ring (bicyclic) bond motifs is 3. The van der Waals surface area contributed by atoms with Gasteiger partial charge in [-0.25, -0.2) is 9.25 Å². The van der Waals surface area contributed by atoms with Crippen molar-refractivity contribution in [2.75, 3.05) is 20.2 Å². The van der Waals surface area contributed by atoms with Gasteiger partial charge >= 0.3 is 0 Å². The lowest BCUT2D eigenvalue weighted by Crippen LogP contribution is -2.24. The molecule has 0 amide bonds. The highest BCUT2D eigenvalue weighted by molar-refractivity contribution is 7.71. The van der Waals surface area contributed by atoms with Gasteiger partial charge < -0.3 is 4.74 Å². The first-order chi connectivity index (χ1) is 14.2. The molecule has 8 heteroatoms. The van der Waals surface area contributed by atoms with E-state index in [0.29, 0.717) is 22.6 Å². The van der Waals surface area contributed by atoms with Crippen LogP contribution in [-0.4, -0.2) is 43.8 Å². The van der Waals surface area contributed by atoms with Gasteiger partial charge in [0.1, 0.15) is 5.75 Å².